The molecular weight excluding hydrogens is 894 g/mol. The molecule has 2 atom stereocenters. The molecule has 0 spiro atoms. The summed E-state index contributed by atoms with van der Waals surface area (Å²) in [6, 6.07) is 0. The van der Waals surface area contributed by atoms with Crippen molar-refractivity contribution < 1.29 is 37.6 Å². The number of nitrogens with two attached hydrogens (primary N) is 1. The largest absolute Gasteiger partial charge is 0.472 e. The van der Waals surface area contributed by atoms with Crippen LogP contribution in [0.4, 0.5) is 0 Å². The van der Waals surface area contributed by atoms with Crippen LogP contribution in [-0.2, 0) is 32.7 Å². The topological polar surface area (TPSA) is 134 Å². The second kappa shape index (κ2) is 57.3. The molecule has 418 valence electrons. The summed E-state index contributed by atoms with van der Waals surface area (Å²) in [5.41, 5.74) is 5.36. The number of rotatable bonds is 60. The maximum Gasteiger partial charge on any atom is 0.472 e. The monoisotopic (exact) mass is 1010 g/mol. The SMILES string of the molecule is CCCCCCCCCCCCCCCCCCCCCCCCCCCCCCCCCCCCCCCCCCCC(=O)OC(COC(=O)CCCCCCCCCC)COP(=O)(O)OCCN. The molecule has 0 aromatic heterocycles. The van der Waals surface area contributed by atoms with E-state index in [9.17, 15) is 19.0 Å². The summed E-state index contributed by atoms with van der Waals surface area (Å²) in [6.07, 6.45) is 65.3. The van der Waals surface area contributed by atoms with Gasteiger partial charge in [0.15, 0.2) is 6.10 Å². The molecule has 0 saturated heterocycles. The highest BCUT2D eigenvalue weighted by molar-refractivity contribution is 7.47. The first-order chi connectivity index (χ1) is 34.3. The Morgan fingerprint density at radius 2 is 0.614 bits per heavy atom. The fraction of sp³-hybridized carbons (Fsp3) is 0.967. The summed E-state index contributed by atoms with van der Waals surface area (Å²) >= 11 is 0. The number of ether oxygens (including phenoxy) is 2. The highest BCUT2D eigenvalue weighted by atomic mass is 31.2. The van der Waals surface area contributed by atoms with E-state index in [1.807, 2.05) is 0 Å². The number of esters is 2. The molecule has 0 aromatic carbocycles. The van der Waals surface area contributed by atoms with Gasteiger partial charge in [-0.25, -0.2) is 4.57 Å². The Morgan fingerprint density at radius 1 is 0.371 bits per heavy atom. The minimum atomic E-state index is -4.37. The minimum absolute atomic E-state index is 0.0580. The van der Waals surface area contributed by atoms with Crippen molar-refractivity contribution in [1.29, 1.82) is 0 Å². The number of phosphoric ester groups is 1. The molecule has 10 heteroatoms. The minimum Gasteiger partial charge on any atom is -0.462 e. The first-order valence-electron chi connectivity index (χ1n) is 31.0. The van der Waals surface area contributed by atoms with Crippen molar-refractivity contribution in [3.8, 4) is 0 Å². The number of hydrogen-bond donors (Lipinski definition) is 2. The van der Waals surface area contributed by atoms with Crippen molar-refractivity contribution in [2.45, 2.75) is 347 Å². The molecule has 0 heterocycles. The van der Waals surface area contributed by atoms with Gasteiger partial charge in [-0.05, 0) is 12.8 Å². The fourth-order valence-electron chi connectivity index (χ4n) is 9.64. The van der Waals surface area contributed by atoms with Crippen LogP contribution < -0.4 is 5.73 Å². The number of hydrogen-bond acceptors (Lipinski definition) is 8. The van der Waals surface area contributed by atoms with Crippen LogP contribution >= 0.6 is 7.82 Å². The molecule has 0 rings (SSSR count). The Bertz CT molecular complexity index is 1110. The van der Waals surface area contributed by atoms with Gasteiger partial charge in [0.25, 0.3) is 0 Å². The predicted octanol–water partition coefficient (Wildman–Crippen LogP) is 19.5. The molecule has 0 bridgehead atoms. The van der Waals surface area contributed by atoms with Gasteiger partial charge in [-0.15, -0.1) is 0 Å². The first-order valence-corrected chi connectivity index (χ1v) is 32.5. The Hall–Kier alpha value is -0.990. The van der Waals surface area contributed by atoms with Crippen molar-refractivity contribution in [3.63, 3.8) is 0 Å². The van der Waals surface area contributed by atoms with E-state index in [-0.39, 0.29) is 38.6 Å². The van der Waals surface area contributed by atoms with E-state index < -0.39 is 26.5 Å². The normalized spacial score (nSPS) is 12.9. The molecule has 0 aliphatic rings. The zero-order valence-corrected chi connectivity index (χ0v) is 47.7. The maximum atomic E-state index is 12.6. The first kappa shape index (κ1) is 69.0. The zero-order chi connectivity index (χ0) is 51.0. The van der Waals surface area contributed by atoms with E-state index in [2.05, 4.69) is 13.8 Å². The Labute approximate surface area is 435 Å². The van der Waals surface area contributed by atoms with E-state index in [1.54, 1.807) is 0 Å². The average Bonchev–Trinajstić information content (AvgIpc) is 3.35. The molecular formula is C60H120NO8P. The smallest absolute Gasteiger partial charge is 0.462 e. The molecule has 0 amide bonds. The molecule has 0 radical (unpaired) electrons. The van der Waals surface area contributed by atoms with E-state index in [4.69, 9.17) is 24.3 Å². The van der Waals surface area contributed by atoms with Crippen LogP contribution in [0.25, 0.3) is 0 Å². The molecule has 0 saturated carbocycles. The summed E-state index contributed by atoms with van der Waals surface area (Å²) in [4.78, 5) is 34.9. The Kier molecular flexibility index (Phi) is 56.5. The van der Waals surface area contributed by atoms with Crippen molar-refractivity contribution in [1.82, 2.24) is 0 Å². The van der Waals surface area contributed by atoms with Crippen molar-refractivity contribution in [2.75, 3.05) is 26.4 Å². The van der Waals surface area contributed by atoms with Gasteiger partial charge in [-0.1, -0.05) is 316 Å². The molecule has 0 fully saturated rings. The quantitative estimate of drug-likeness (QED) is 0.0347. The zero-order valence-electron chi connectivity index (χ0n) is 46.8. The third-order valence-electron chi connectivity index (χ3n) is 14.2. The molecule has 0 aliphatic carbocycles. The Morgan fingerprint density at radius 3 is 0.871 bits per heavy atom. The lowest BCUT2D eigenvalue weighted by Crippen LogP contribution is -2.29. The third-order valence-corrected chi connectivity index (χ3v) is 15.2. The molecule has 2 unspecified atom stereocenters. The summed E-state index contributed by atoms with van der Waals surface area (Å²) in [5.74, 6) is -0.814. The highest BCUT2D eigenvalue weighted by Crippen LogP contribution is 2.43. The second-order valence-corrected chi connectivity index (χ2v) is 22.8. The predicted molar refractivity (Wildman–Crippen MR) is 298 cm³/mol. The van der Waals surface area contributed by atoms with Crippen LogP contribution in [-0.4, -0.2) is 49.3 Å². The van der Waals surface area contributed by atoms with Gasteiger partial charge in [0.1, 0.15) is 6.61 Å². The van der Waals surface area contributed by atoms with Crippen LogP contribution in [0.1, 0.15) is 341 Å². The van der Waals surface area contributed by atoms with Gasteiger partial charge in [0.05, 0.1) is 13.2 Å². The van der Waals surface area contributed by atoms with Crippen LogP contribution in [0.3, 0.4) is 0 Å². The van der Waals surface area contributed by atoms with Gasteiger partial charge in [-0.2, -0.15) is 0 Å². The molecule has 9 nitrogen and oxygen atoms in total. The van der Waals surface area contributed by atoms with E-state index in [0.717, 1.165) is 32.1 Å². The lowest BCUT2D eigenvalue weighted by molar-refractivity contribution is -0.161. The molecule has 0 aromatic rings. The van der Waals surface area contributed by atoms with Crippen molar-refractivity contribution >= 4 is 19.8 Å². The van der Waals surface area contributed by atoms with Gasteiger partial charge >= 0.3 is 19.8 Å². The number of carbonyl (C=O) groups is 2. The van der Waals surface area contributed by atoms with Gasteiger partial charge < -0.3 is 20.1 Å². The summed E-state index contributed by atoms with van der Waals surface area (Å²) in [6.45, 7) is 3.76. The standard InChI is InChI=1S/C60H120NO8P/c1-3-5-7-9-11-13-14-15-16-17-18-19-20-21-22-23-24-25-26-27-28-29-30-31-32-33-34-35-36-37-38-39-40-41-42-43-44-45-47-49-51-53-60(63)69-58(57-68-70(64,65)67-55-54-61)56-66-59(62)52-50-48-46-12-10-8-6-4-2/h58H,3-57,61H2,1-2H3,(H,64,65). The van der Waals surface area contributed by atoms with Gasteiger partial charge in [-0.3, -0.25) is 18.6 Å². The maximum absolute atomic E-state index is 12.6. The number of carbonyl (C=O) groups excluding carboxylic acids is 2. The summed E-state index contributed by atoms with van der Waals surface area (Å²) < 4.78 is 32.8. The molecule has 3 N–H and O–H groups in total. The fourth-order valence-corrected chi connectivity index (χ4v) is 10.4. The van der Waals surface area contributed by atoms with E-state index in [1.165, 1.54) is 276 Å². The lowest BCUT2D eigenvalue weighted by Gasteiger charge is -2.19. The lowest BCUT2D eigenvalue weighted by atomic mass is 10.0. The molecule has 0 aliphatic heterocycles. The van der Waals surface area contributed by atoms with Gasteiger partial charge in [0, 0.05) is 19.4 Å². The van der Waals surface area contributed by atoms with Crippen LogP contribution in [0.2, 0.25) is 0 Å². The van der Waals surface area contributed by atoms with Crippen LogP contribution in [0, 0.1) is 0 Å². The highest BCUT2D eigenvalue weighted by Gasteiger charge is 2.26. The summed E-state index contributed by atoms with van der Waals surface area (Å²) in [7, 11) is -4.37. The van der Waals surface area contributed by atoms with Gasteiger partial charge in [0.2, 0.25) is 0 Å². The van der Waals surface area contributed by atoms with Crippen molar-refractivity contribution in [3.05, 3.63) is 0 Å². The summed E-state index contributed by atoms with van der Waals surface area (Å²) in [5, 5.41) is 0. The van der Waals surface area contributed by atoms with Crippen molar-refractivity contribution in [2.24, 2.45) is 5.73 Å². The van der Waals surface area contributed by atoms with E-state index in [0.29, 0.717) is 6.42 Å². The Balaban J connectivity index is 3.58. The third kappa shape index (κ3) is 56.3. The second-order valence-electron chi connectivity index (χ2n) is 21.3. The van der Waals surface area contributed by atoms with Crippen LogP contribution in [0.5, 0.6) is 0 Å². The number of unbranched alkanes of at least 4 members (excludes halogenated alkanes) is 47. The van der Waals surface area contributed by atoms with Crippen LogP contribution in [0.15, 0.2) is 0 Å². The molecule has 70 heavy (non-hydrogen) atoms. The average molecular weight is 1010 g/mol. The van der Waals surface area contributed by atoms with E-state index >= 15 is 0 Å². The number of phosphoric acid groups is 1.